The standard InChI is InChI=1S/C34H40O6S3.2C2H6/c1-18(2)39-25-16-12-14-23(35-8)27(25)30-20(5)21(6)31(42-30)33-34(38-11)43-32(29(37-10)22(7)41-33)28-24(36-9)15-13-17-26(28)40-19(3)4;2*1-2/h12-19H,7H2,1-6,8-11H3;2*1-2H3. The topological polar surface area (TPSA) is 55.4 Å². The van der Waals surface area contributed by atoms with Crippen LogP contribution >= 0.6 is 34.9 Å². The third-order valence-electron chi connectivity index (χ3n) is 6.70. The predicted molar refractivity (Wildman–Crippen MR) is 205 cm³/mol. The number of rotatable bonds is 11. The first-order valence-corrected chi connectivity index (χ1v) is 18.4. The van der Waals surface area contributed by atoms with E-state index in [4.69, 9.17) is 28.4 Å². The van der Waals surface area contributed by atoms with Crippen molar-refractivity contribution < 1.29 is 28.4 Å². The molecule has 0 N–H and O–H groups in total. The van der Waals surface area contributed by atoms with Crippen molar-refractivity contribution in [2.45, 2.75) is 81.4 Å². The van der Waals surface area contributed by atoms with E-state index in [0.29, 0.717) is 17.3 Å². The number of benzene rings is 2. The molecule has 0 aliphatic carbocycles. The number of hydrogen-bond acceptors (Lipinski definition) is 9. The normalized spacial score (nSPS) is 13.0. The van der Waals surface area contributed by atoms with Gasteiger partial charge < -0.3 is 28.4 Å². The van der Waals surface area contributed by atoms with Gasteiger partial charge in [0, 0.05) is 14.7 Å². The molecule has 0 fully saturated rings. The number of thiophene rings is 1. The number of ether oxygens (including phenoxy) is 6. The first-order valence-electron chi connectivity index (χ1n) is 16.0. The van der Waals surface area contributed by atoms with Crippen molar-refractivity contribution in [2.24, 2.45) is 0 Å². The summed E-state index contributed by atoms with van der Waals surface area (Å²) in [5, 5.41) is 0.726. The van der Waals surface area contributed by atoms with E-state index in [1.165, 1.54) is 23.5 Å². The van der Waals surface area contributed by atoms with E-state index >= 15 is 0 Å². The van der Waals surface area contributed by atoms with Crippen molar-refractivity contribution in [3.05, 3.63) is 80.3 Å². The average molecular weight is 701 g/mol. The molecule has 2 aromatic carbocycles. The maximum Gasteiger partial charge on any atom is 0.173 e. The second kappa shape index (κ2) is 19.0. The van der Waals surface area contributed by atoms with Gasteiger partial charge in [-0.2, -0.15) is 0 Å². The first-order chi connectivity index (χ1) is 22.6. The number of methoxy groups -OCH3 is 4. The predicted octanol–water partition coefficient (Wildman–Crippen LogP) is 12.0. The molecule has 4 rings (SSSR count). The fraction of sp³-hybridized carbons (Fsp3) is 0.421. The fourth-order valence-electron chi connectivity index (χ4n) is 4.73. The van der Waals surface area contributed by atoms with E-state index < -0.39 is 0 Å². The molecule has 9 heteroatoms. The van der Waals surface area contributed by atoms with Crippen LogP contribution in [0.5, 0.6) is 23.0 Å². The van der Waals surface area contributed by atoms with Crippen molar-refractivity contribution >= 4 is 44.7 Å². The molecule has 0 amide bonds. The molecule has 0 atom stereocenters. The Morgan fingerprint density at radius 1 is 0.574 bits per heavy atom. The van der Waals surface area contributed by atoms with Gasteiger partial charge in [-0.25, -0.2) is 0 Å². The molecule has 0 spiro atoms. The summed E-state index contributed by atoms with van der Waals surface area (Å²) in [6.07, 6.45) is -0.0170. The van der Waals surface area contributed by atoms with Gasteiger partial charge in [0.1, 0.15) is 28.8 Å². The van der Waals surface area contributed by atoms with E-state index in [0.717, 1.165) is 63.3 Å². The van der Waals surface area contributed by atoms with Crippen molar-refractivity contribution in [2.75, 3.05) is 28.4 Å². The molecule has 0 radical (unpaired) electrons. The molecule has 1 aromatic heterocycles. The van der Waals surface area contributed by atoms with Crippen LogP contribution in [0.3, 0.4) is 0 Å². The van der Waals surface area contributed by atoms with Gasteiger partial charge in [-0.1, -0.05) is 58.2 Å². The highest BCUT2D eigenvalue weighted by atomic mass is 32.2. The van der Waals surface area contributed by atoms with Gasteiger partial charge in [0.25, 0.3) is 0 Å². The van der Waals surface area contributed by atoms with Gasteiger partial charge in [0.15, 0.2) is 5.09 Å². The van der Waals surface area contributed by atoms with Crippen LogP contribution in [0.25, 0.3) is 20.3 Å². The van der Waals surface area contributed by atoms with Crippen molar-refractivity contribution in [1.29, 1.82) is 0 Å². The average Bonchev–Trinajstić information content (AvgIpc) is 3.27. The van der Waals surface area contributed by atoms with Gasteiger partial charge >= 0.3 is 0 Å². The van der Waals surface area contributed by atoms with Gasteiger partial charge in [0.2, 0.25) is 0 Å². The third kappa shape index (κ3) is 9.06. The Morgan fingerprint density at radius 2 is 1.04 bits per heavy atom. The van der Waals surface area contributed by atoms with Crippen LogP contribution in [-0.4, -0.2) is 40.6 Å². The lowest BCUT2D eigenvalue weighted by molar-refractivity contribution is 0.240. The molecule has 6 nitrogen and oxygen atoms in total. The Morgan fingerprint density at radius 3 is 1.51 bits per heavy atom. The summed E-state index contributed by atoms with van der Waals surface area (Å²) in [4.78, 5) is 4.69. The number of thioether (sulfide) groups is 2. The van der Waals surface area contributed by atoms with Crippen LogP contribution in [0.1, 0.15) is 77.0 Å². The quantitative estimate of drug-likeness (QED) is 0.196. The minimum absolute atomic E-state index is 0.0168. The molecule has 1 aliphatic heterocycles. The number of hydrogen-bond donors (Lipinski definition) is 0. The second-order valence-corrected chi connectivity index (χ2v) is 13.4. The summed E-state index contributed by atoms with van der Waals surface area (Å²) >= 11 is 4.71. The zero-order chi connectivity index (χ0) is 35.4. The lowest BCUT2D eigenvalue weighted by Crippen LogP contribution is -2.08. The first kappa shape index (κ1) is 40.0. The molecule has 0 saturated heterocycles. The second-order valence-electron chi connectivity index (χ2n) is 10.3. The maximum atomic E-state index is 6.24. The lowest BCUT2D eigenvalue weighted by Gasteiger charge is -2.20. The SMILES string of the molecule is C=C1SC(c2sc(-c3c(OC)cccc3OC(C)C)c(C)c2C)=C(OC)SC(c2c(OC)cccc2OC(C)C)=C1OC.CC.CC. The van der Waals surface area contributed by atoms with Crippen LogP contribution in [-0.2, 0) is 9.47 Å². The van der Waals surface area contributed by atoms with Gasteiger partial charge in [-0.05, 0) is 88.7 Å². The molecule has 0 unspecified atom stereocenters. The summed E-state index contributed by atoms with van der Waals surface area (Å²) in [5.41, 5.74) is 4.04. The highest BCUT2D eigenvalue weighted by molar-refractivity contribution is 8.17. The molecule has 258 valence electrons. The van der Waals surface area contributed by atoms with E-state index in [9.17, 15) is 0 Å². The summed E-state index contributed by atoms with van der Waals surface area (Å²) in [6, 6.07) is 11.7. The molecule has 2 heterocycles. The monoisotopic (exact) mass is 700 g/mol. The zero-order valence-corrected chi connectivity index (χ0v) is 32.9. The summed E-state index contributed by atoms with van der Waals surface area (Å²) in [5.74, 6) is 3.56. The molecule has 1 aliphatic rings. The van der Waals surface area contributed by atoms with Crippen LogP contribution < -0.4 is 18.9 Å². The Hall–Kier alpha value is -3.14. The maximum absolute atomic E-state index is 6.24. The van der Waals surface area contributed by atoms with Crippen LogP contribution in [0.15, 0.2) is 58.7 Å². The minimum Gasteiger partial charge on any atom is -0.496 e. The van der Waals surface area contributed by atoms with E-state index in [2.05, 4.69) is 20.4 Å². The van der Waals surface area contributed by atoms with Gasteiger partial charge in [-0.3, -0.25) is 0 Å². The molecule has 0 saturated carbocycles. The highest BCUT2D eigenvalue weighted by Gasteiger charge is 2.32. The minimum atomic E-state index is -0.0338. The summed E-state index contributed by atoms with van der Waals surface area (Å²) < 4.78 is 36.3. The van der Waals surface area contributed by atoms with Crippen LogP contribution in [0.2, 0.25) is 0 Å². The molecule has 0 bridgehead atoms. The highest BCUT2D eigenvalue weighted by Crippen LogP contribution is 2.57. The van der Waals surface area contributed by atoms with E-state index in [1.807, 2.05) is 91.8 Å². The van der Waals surface area contributed by atoms with Crippen molar-refractivity contribution in [3.8, 4) is 33.4 Å². The van der Waals surface area contributed by atoms with Crippen molar-refractivity contribution in [1.82, 2.24) is 0 Å². The van der Waals surface area contributed by atoms with Crippen molar-refractivity contribution in [3.63, 3.8) is 0 Å². The van der Waals surface area contributed by atoms with Crippen LogP contribution in [0, 0.1) is 13.8 Å². The Labute approximate surface area is 295 Å². The molecular weight excluding hydrogens is 649 g/mol. The van der Waals surface area contributed by atoms with Crippen LogP contribution in [0.4, 0.5) is 0 Å². The Balaban J connectivity index is 0.00000185. The zero-order valence-electron chi connectivity index (χ0n) is 30.5. The molecule has 3 aromatic rings. The summed E-state index contributed by atoms with van der Waals surface area (Å²) in [6.45, 7) is 24.8. The Bertz CT molecular complexity index is 1570. The summed E-state index contributed by atoms with van der Waals surface area (Å²) in [7, 11) is 6.70. The van der Waals surface area contributed by atoms with Gasteiger partial charge in [-0.15, -0.1) is 11.3 Å². The largest absolute Gasteiger partial charge is 0.496 e. The van der Waals surface area contributed by atoms with E-state index in [-0.39, 0.29) is 12.2 Å². The van der Waals surface area contributed by atoms with Gasteiger partial charge in [0.05, 0.1) is 61.6 Å². The molecule has 47 heavy (non-hydrogen) atoms. The molecular formula is C38H52O6S3. The fourth-order valence-corrected chi connectivity index (χ4v) is 8.67. The Kier molecular flexibility index (Phi) is 16.2. The smallest absolute Gasteiger partial charge is 0.173 e. The lowest BCUT2D eigenvalue weighted by atomic mass is 10.0. The third-order valence-corrected chi connectivity index (χ3v) is 10.6. The van der Waals surface area contributed by atoms with E-state index in [1.54, 1.807) is 39.8 Å².